The Labute approximate surface area is 161 Å². The largest absolute Gasteiger partial charge is 0.423 e. The van der Waals surface area contributed by atoms with Crippen LogP contribution in [-0.2, 0) is 0 Å². The van der Waals surface area contributed by atoms with E-state index < -0.39 is 15.8 Å². The summed E-state index contributed by atoms with van der Waals surface area (Å²) in [7, 11) is 0. The van der Waals surface area contributed by atoms with Crippen molar-refractivity contribution in [3.05, 3.63) is 92.1 Å². The Morgan fingerprint density at radius 1 is 1.04 bits per heavy atom. The van der Waals surface area contributed by atoms with E-state index in [4.69, 9.17) is 9.15 Å². The molecular weight excluding hydrogens is 382 g/mol. The number of hydrogen-bond acceptors (Lipinski definition) is 7. The number of nitro groups is 1. The SMILES string of the molecule is O=C(Oc1cc(-c2ccccc2)c2oc(=O)sc2c1)c1ccc([N+](=O)[O-])cc1. The Balaban J connectivity index is 1.72. The van der Waals surface area contributed by atoms with E-state index >= 15 is 0 Å². The number of non-ortho nitro benzene ring substituents is 1. The molecule has 8 heteroatoms. The minimum absolute atomic E-state index is 0.118. The van der Waals surface area contributed by atoms with Crippen molar-refractivity contribution in [3.8, 4) is 16.9 Å². The molecule has 0 unspecified atom stereocenters. The molecule has 0 spiro atoms. The third-order valence-corrected chi connectivity index (χ3v) is 4.79. The first-order chi connectivity index (χ1) is 13.5. The van der Waals surface area contributed by atoms with E-state index in [9.17, 15) is 19.7 Å². The minimum atomic E-state index is -0.663. The van der Waals surface area contributed by atoms with Crippen LogP contribution in [0.15, 0.2) is 75.9 Å². The summed E-state index contributed by atoms with van der Waals surface area (Å²) in [5.41, 5.74) is 1.92. The predicted octanol–water partition coefficient (Wildman–Crippen LogP) is 4.65. The molecule has 1 aromatic heterocycles. The standard InChI is InChI=1S/C20H11NO6S/c22-19(13-6-8-14(9-7-13)21(24)25)26-15-10-16(12-4-2-1-3-5-12)18-17(11-15)28-20(23)27-18/h1-11H. The smallest absolute Gasteiger partial charge is 0.396 e. The molecule has 28 heavy (non-hydrogen) atoms. The zero-order valence-electron chi connectivity index (χ0n) is 14.2. The van der Waals surface area contributed by atoms with Crippen LogP contribution in [0.25, 0.3) is 21.4 Å². The lowest BCUT2D eigenvalue weighted by molar-refractivity contribution is -0.384. The van der Waals surface area contributed by atoms with Gasteiger partial charge >= 0.3 is 10.9 Å². The summed E-state index contributed by atoms with van der Waals surface area (Å²) < 4.78 is 11.3. The van der Waals surface area contributed by atoms with Gasteiger partial charge in [-0.2, -0.15) is 0 Å². The fourth-order valence-corrected chi connectivity index (χ4v) is 3.45. The molecule has 0 aliphatic carbocycles. The van der Waals surface area contributed by atoms with E-state index in [1.54, 1.807) is 12.1 Å². The van der Waals surface area contributed by atoms with Crippen molar-refractivity contribution in [1.82, 2.24) is 0 Å². The lowest BCUT2D eigenvalue weighted by Crippen LogP contribution is -2.08. The van der Waals surface area contributed by atoms with Crippen molar-refractivity contribution < 1.29 is 18.9 Å². The summed E-state index contributed by atoms with van der Waals surface area (Å²) in [5, 5.41) is 10.7. The Bertz CT molecular complexity index is 1240. The second-order valence-corrected chi connectivity index (χ2v) is 6.79. The molecule has 0 radical (unpaired) electrons. The van der Waals surface area contributed by atoms with Crippen LogP contribution in [0.3, 0.4) is 0 Å². The number of nitro benzene ring substituents is 1. The first-order valence-electron chi connectivity index (χ1n) is 8.11. The summed E-state index contributed by atoms with van der Waals surface area (Å²) in [6.45, 7) is 0. The molecule has 0 bridgehead atoms. The maximum absolute atomic E-state index is 12.4. The zero-order valence-corrected chi connectivity index (χ0v) is 15.0. The Kier molecular flexibility index (Phi) is 4.46. The molecule has 0 N–H and O–H groups in total. The van der Waals surface area contributed by atoms with Crippen molar-refractivity contribution in [3.63, 3.8) is 0 Å². The van der Waals surface area contributed by atoms with Crippen LogP contribution in [0.5, 0.6) is 5.75 Å². The van der Waals surface area contributed by atoms with E-state index in [0.29, 0.717) is 15.8 Å². The number of rotatable bonds is 4. The fraction of sp³-hybridized carbons (Fsp3) is 0. The highest BCUT2D eigenvalue weighted by molar-refractivity contribution is 7.16. The molecule has 3 aromatic carbocycles. The number of nitrogens with zero attached hydrogens (tertiary/aromatic N) is 1. The average Bonchev–Trinajstić information content (AvgIpc) is 3.08. The molecular formula is C20H11NO6S. The third-order valence-electron chi connectivity index (χ3n) is 4.02. The molecule has 0 aliphatic heterocycles. The first kappa shape index (κ1) is 17.6. The van der Waals surface area contributed by atoms with Crippen molar-refractivity contribution in [2.75, 3.05) is 0 Å². The molecule has 0 saturated carbocycles. The molecule has 0 atom stereocenters. The van der Waals surface area contributed by atoms with Crippen LogP contribution < -0.4 is 9.68 Å². The first-order valence-corrected chi connectivity index (χ1v) is 8.92. The number of carbonyl (C=O) groups is 1. The third kappa shape index (κ3) is 3.40. The van der Waals surface area contributed by atoms with Gasteiger partial charge in [0.2, 0.25) is 0 Å². The van der Waals surface area contributed by atoms with E-state index in [2.05, 4.69) is 0 Å². The minimum Gasteiger partial charge on any atom is -0.423 e. The number of fused-ring (bicyclic) bond motifs is 1. The maximum atomic E-state index is 12.4. The summed E-state index contributed by atoms with van der Waals surface area (Å²) >= 11 is 0.915. The predicted molar refractivity (Wildman–Crippen MR) is 104 cm³/mol. The Morgan fingerprint density at radius 2 is 1.75 bits per heavy atom. The molecule has 7 nitrogen and oxygen atoms in total. The van der Waals surface area contributed by atoms with Crippen molar-refractivity contribution >= 4 is 33.3 Å². The number of hydrogen-bond donors (Lipinski definition) is 0. The summed E-state index contributed by atoms with van der Waals surface area (Å²) in [6.07, 6.45) is 0. The van der Waals surface area contributed by atoms with Gasteiger partial charge in [0.25, 0.3) is 5.69 Å². The van der Waals surface area contributed by atoms with Crippen molar-refractivity contribution in [1.29, 1.82) is 0 Å². The maximum Gasteiger partial charge on any atom is 0.396 e. The molecule has 0 aliphatic rings. The molecule has 138 valence electrons. The summed E-state index contributed by atoms with van der Waals surface area (Å²) in [4.78, 5) is 33.8. The van der Waals surface area contributed by atoms with Gasteiger partial charge in [-0.05, 0) is 23.8 Å². The van der Waals surface area contributed by atoms with Crippen molar-refractivity contribution in [2.45, 2.75) is 0 Å². The molecule has 4 aromatic rings. The van der Waals surface area contributed by atoms with Gasteiger partial charge in [0.1, 0.15) is 5.75 Å². The summed E-state index contributed by atoms with van der Waals surface area (Å²) in [6, 6.07) is 17.6. The topological polar surface area (TPSA) is 99.7 Å². The Hall–Kier alpha value is -3.78. The van der Waals surface area contributed by atoms with Crippen molar-refractivity contribution in [2.24, 2.45) is 0 Å². The fourth-order valence-electron chi connectivity index (χ4n) is 2.73. The van der Waals surface area contributed by atoms with E-state index in [0.717, 1.165) is 16.9 Å². The number of carbonyl (C=O) groups excluding carboxylic acids is 1. The van der Waals surface area contributed by atoms with Crippen LogP contribution in [0.1, 0.15) is 10.4 Å². The van der Waals surface area contributed by atoms with Gasteiger partial charge in [-0.25, -0.2) is 9.59 Å². The van der Waals surface area contributed by atoms with Crippen LogP contribution in [0, 0.1) is 10.1 Å². The van der Waals surface area contributed by atoms with E-state index in [-0.39, 0.29) is 17.0 Å². The van der Waals surface area contributed by atoms with Gasteiger partial charge in [-0.15, -0.1) is 0 Å². The van der Waals surface area contributed by atoms with Gasteiger partial charge in [0.05, 0.1) is 15.2 Å². The molecule has 0 saturated heterocycles. The monoisotopic (exact) mass is 393 g/mol. The van der Waals surface area contributed by atoms with Crippen LogP contribution in [0.4, 0.5) is 5.69 Å². The zero-order chi connectivity index (χ0) is 19.7. The van der Waals surface area contributed by atoms with E-state index in [1.807, 2.05) is 30.3 Å². The molecule has 0 amide bonds. The molecule has 0 fully saturated rings. The second-order valence-electron chi connectivity index (χ2n) is 5.81. The quantitative estimate of drug-likeness (QED) is 0.217. The van der Waals surface area contributed by atoms with Crippen LogP contribution in [-0.4, -0.2) is 10.9 Å². The second kappa shape index (κ2) is 7.09. The summed E-state index contributed by atoms with van der Waals surface area (Å²) in [5.74, 6) is -0.421. The van der Waals surface area contributed by atoms with E-state index in [1.165, 1.54) is 24.3 Å². The average molecular weight is 393 g/mol. The van der Waals surface area contributed by atoms with Gasteiger partial charge in [0, 0.05) is 23.8 Å². The van der Waals surface area contributed by atoms with Crippen LogP contribution in [0.2, 0.25) is 0 Å². The van der Waals surface area contributed by atoms with Crippen LogP contribution >= 0.6 is 11.3 Å². The highest BCUT2D eigenvalue weighted by atomic mass is 32.1. The van der Waals surface area contributed by atoms with Gasteiger partial charge in [-0.1, -0.05) is 41.7 Å². The lowest BCUT2D eigenvalue weighted by Gasteiger charge is -2.08. The normalized spacial score (nSPS) is 10.7. The van der Waals surface area contributed by atoms with Gasteiger partial charge in [0.15, 0.2) is 5.58 Å². The van der Waals surface area contributed by atoms with Gasteiger partial charge < -0.3 is 9.15 Å². The number of esters is 1. The highest BCUT2D eigenvalue weighted by Gasteiger charge is 2.16. The lowest BCUT2D eigenvalue weighted by atomic mass is 10.0. The molecule has 4 rings (SSSR count). The Morgan fingerprint density at radius 3 is 2.43 bits per heavy atom. The highest BCUT2D eigenvalue weighted by Crippen LogP contribution is 2.34. The molecule has 1 heterocycles. The number of benzene rings is 3. The number of ether oxygens (including phenoxy) is 1. The van der Waals surface area contributed by atoms with Gasteiger partial charge in [-0.3, -0.25) is 10.1 Å².